The van der Waals surface area contributed by atoms with E-state index in [9.17, 15) is 4.79 Å². The minimum Gasteiger partial charge on any atom is -0.352 e. The van der Waals surface area contributed by atoms with Crippen LogP contribution in [0.15, 0.2) is 54.9 Å². The Kier molecular flexibility index (Phi) is 5.60. The van der Waals surface area contributed by atoms with Gasteiger partial charge in [-0.25, -0.2) is 9.97 Å². The molecule has 2 aromatic heterocycles. The number of benzene rings is 1. The number of anilines is 1. The lowest BCUT2D eigenvalue weighted by molar-refractivity contribution is -0.123. The molecule has 32 heavy (non-hydrogen) atoms. The number of amides is 1. The van der Waals surface area contributed by atoms with Crippen molar-refractivity contribution in [3.63, 3.8) is 0 Å². The molecule has 0 radical (unpaired) electrons. The van der Waals surface area contributed by atoms with Crippen LogP contribution in [0.3, 0.4) is 0 Å². The number of carbonyl (C=O) groups is 1. The van der Waals surface area contributed by atoms with Gasteiger partial charge in [0.15, 0.2) is 0 Å². The predicted octanol–water partition coefficient (Wildman–Crippen LogP) is 4.32. The van der Waals surface area contributed by atoms with Crippen LogP contribution in [-0.2, 0) is 11.3 Å². The summed E-state index contributed by atoms with van der Waals surface area (Å²) < 4.78 is 0. The maximum absolute atomic E-state index is 12.6. The van der Waals surface area contributed by atoms with Gasteiger partial charge in [0.2, 0.25) is 11.9 Å². The highest BCUT2D eigenvalue weighted by Gasteiger charge is 2.54. The van der Waals surface area contributed by atoms with E-state index in [4.69, 9.17) is 4.98 Å². The topological polar surface area (TPSA) is 71.0 Å². The fourth-order valence-electron chi connectivity index (χ4n) is 4.99. The number of hydrogen-bond donors (Lipinski definition) is 1. The van der Waals surface area contributed by atoms with E-state index < -0.39 is 0 Å². The van der Waals surface area contributed by atoms with Crippen LogP contribution < -0.4 is 10.2 Å². The Bertz CT molecular complexity index is 1080. The highest BCUT2D eigenvalue weighted by Crippen LogP contribution is 2.55. The largest absolute Gasteiger partial charge is 0.352 e. The van der Waals surface area contributed by atoms with Gasteiger partial charge in [0.25, 0.3) is 0 Å². The normalized spacial score (nSPS) is 21.5. The third-order valence-electron chi connectivity index (χ3n) is 6.77. The molecule has 1 aromatic carbocycles. The molecule has 1 N–H and O–H groups in total. The van der Waals surface area contributed by atoms with Gasteiger partial charge in [-0.05, 0) is 42.4 Å². The van der Waals surface area contributed by atoms with Crippen molar-refractivity contribution in [2.45, 2.75) is 32.2 Å². The molecule has 0 spiro atoms. The average Bonchev–Trinajstić information content (AvgIpc) is 3.58. The quantitative estimate of drug-likeness (QED) is 0.634. The summed E-state index contributed by atoms with van der Waals surface area (Å²) in [7, 11) is 3.86. The van der Waals surface area contributed by atoms with E-state index in [-0.39, 0.29) is 11.8 Å². The maximum Gasteiger partial charge on any atom is 0.225 e. The second-order valence-corrected chi connectivity index (χ2v) is 9.09. The molecule has 2 aliphatic rings. The zero-order valence-electron chi connectivity index (χ0n) is 18.7. The van der Waals surface area contributed by atoms with Crippen molar-refractivity contribution in [2.75, 3.05) is 19.0 Å². The van der Waals surface area contributed by atoms with Crippen LogP contribution in [0.4, 0.5) is 5.95 Å². The van der Waals surface area contributed by atoms with Crippen LogP contribution >= 0.6 is 0 Å². The standard InChI is InChI=1S/C26H29N5O/c1-31(2)26-29-16-21(22-9-5-6-14-27-22)24(30-26)18-12-10-17(11-13-18)15-28-25(32)23-19-7-3-4-8-20(19)23/h5-6,9-14,16,19-20,23H,3-4,7-8,15H2,1-2H3,(H,28,32)/t19-,20-/m1/s1. The van der Waals surface area contributed by atoms with E-state index in [1.54, 1.807) is 6.20 Å². The third kappa shape index (κ3) is 4.09. The van der Waals surface area contributed by atoms with Gasteiger partial charge >= 0.3 is 0 Å². The molecule has 2 fully saturated rings. The first kappa shape index (κ1) is 20.6. The summed E-state index contributed by atoms with van der Waals surface area (Å²) in [5.74, 6) is 2.42. The Balaban J connectivity index is 1.33. The van der Waals surface area contributed by atoms with Gasteiger partial charge < -0.3 is 10.2 Å². The summed E-state index contributed by atoms with van der Waals surface area (Å²) in [5.41, 5.74) is 4.68. The average molecular weight is 428 g/mol. The van der Waals surface area contributed by atoms with Gasteiger partial charge in [0.1, 0.15) is 0 Å². The van der Waals surface area contributed by atoms with Crippen molar-refractivity contribution in [2.24, 2.45) is 17.8 Å². The molecule has 2 aliphatic carbocycles. The SMILES string of the molecule is CN(C)c1ncc(-c2ccccn2)c(-c2ccc(CNC(=O)C3[C@@H]4CCCC[C@@H]34)cc2)n1. The fraction of sp³-hybridized carbons (Fsp3) is 0.385. The van der Waals surface area contributed by atoms with Crippen molar-refractivity contribution < 1.29 is 4.79 Å². The molecule has 0 bridgehead atoms. The molecule has 2 saturated carbocycles. The molecule has 1 amide bonds. The van der Waals surface area contributed by atoms with E-state index in [2.05, 4.69) is 39.6 Å². The third-order valence-corrected chi connectivity index (χ3v) is 6.77. The van der Waals surface area contributed by atoms with Gasteiger partial charge in [-0.15, -0.1) is 0 Å². The zero-order chi connectivity index (χ0) is 22.1. The molecule has 0 unspecified atom stereocenters. The number of nitrogens with zero attached hydrogens (tertiary/aromatic N) is 4. The Morgan fingerprint density at radius 3 is 2.44 bits per heavy atom. The predicted molar refractivity (Wildman–Crippen MR) is 126 cm³/mol. The first-order valence-electron chi connectivity index (χ1n) is 11.4. The summed E-state index contributed by atoms with van der Waals surface area (Å²) in [6.45, 7) is 0.564. The van der Waals surface area contributed by atoms with E-state index in [0.29, 0.717) is 24.3 Å². The smallest absolute Gasteiger partial charge is 0.225 e. The van der Waals surface area contributed by atoms with Crippen molar-refractivity contribution in [3.05, 3.63) is 60.4 Å². The van der Waals surface area contributed by atoms with Crippen LogP contribution in [0.5, 0.6) is 0 Å². The highest BCUT2D eigenvalue weighted by atomic mass is 16.2. The Morgan fingerprint density at radius 2 is 1.78 bits per heavy atom. The first-order chi connectivity index (χ1) is 15.6. The first-order valence-corrected chi connectivity index (χ1v) is 11.4. The molecule has 6 heteroatoms. The zero-order valence-corrected chi connectivity index (χ0v) is 18.7. The number of aromatic nitrogens is 3. The molecular formula is C26H29N5O. The summed E-state index contributed by atoms with van der Waals surface area (Å²) in [6, 6.07) is 14.1. The lowest BCUT2D eigenvalue weighted by atomic mass is 10.0. The lowest BCUT2D eigenvalue weighted by Gasteiger charge is -2.14. The monoisotopic (exact) mass is 427 g/mol. The Morgan fingerprint density at radius 1 is 1.03 bits per heavy atom. The summed E-state index contributed by atoms with van der Waals surface area (Å²) in [6.07, 6.45) is 8.63. The van der Waals surface area contributed by atoms with Crippen LogP contribution in [0.25, 0.3) is 22.5 Å². The molecule has 3 aromatic rings. The van der Waals surface area contributed by atoms with Crippen molar-refractivity contribution in [3.8, 4) is 22.5 Å². The maximum atomic E-state index is 12.6. The van der Waals surface area contributed by atoms with Gasteiger partial charge in [-0.2, -0.15) is 0 Å². The number of pyridine rings is 1. The number of rotatable bonds is 6. The Hall–Kier alpha value is -3.28. The summed E-state index contributed by atoms with van der Waals surface area (Å²) in [5, 5.41) is 3.16. The molecule has 0 saturated heterocycles. The minimum atomic E-state index is 0.231. The molecule has 2 heterocycles. The number of hydrogen-bond acceptors (Lipinski definition) is 5. The highest BCUT2D eigenvalue weighted by molar-refractivity contribution is 5.82. The van der Waals surface area contributed by atoms with Crippen molar-refractivity contribution in [1.29, 1.82) is 0 Å². The molecule has 6 nitrogen and oxygen atoms in total. The molecule has 164 valence electrons. The van der Waals surface area contributed by atoms with Gasteiger partial charge in [0.05, 0.1) is 11.4 Å². The van der Waals surface area contributed by atoms with Gasteiger partial charge in [-0.1, -0.05) is 43.2 Å². The number of nitrogens with one attached hydrogen (secondary N) is 1. The van der Waals surface area contributed by atoms with Crippen molar-refractivity contribution in [1.82, 2.24) is 20.3 Å². The molecule has 5 rings (SSSR count). The minimum absolute atomic E-state index is 0.231. The summed E-state index contributed by atoms with van der Waals surface area (Å²) >= 11 is 0. The summed E-state index contributed by atoms with van der Waals surface area (Å²) in [4.78, 5) is 28.3. The second kappa shape index (κ2) is 8.69. The van der Waals surface area contributed by atoms with E-state index in [1.165, 1.54) is 25.7 Å². The van der Waals surface area contributed by atoms with Gasteiger partial charge in [-0.3, -0.25) is 9.78 Å². The lowest BCUT2D eigenvalue weighted by Crippen LogP contribution is -2.25. The van der Waals surface area contributed by atoms with Crippen molar-refractivity contribution >= 4 is 11.9 Å². The number of carbonyl (C=O) groups excluding carboxylic acids is 1. The Labute approximate surface area is 189 Å². The molecule has 0 aliphatic heterocycles. The van der Waals surface area contributed by atoms with Crippen LogP contribution in [0.2, 0.25) is 0 Å². The van der Waals surface area contributed by atoms with E-state index in [0.717, 1.165) is 28.1 Å². The van der Waals surface area contributed by atoms with E-state index in [1.807, 2.05) is 43.4 Å². The van der Waals surface area contributed by atoms with Gasteiger partial charge in [0, 0.05) is 50.1 Å². The second-order valence-electron chi connectivity index (χ2n) is 9.09. The molecular weight excluding hydrogens is 398 g/mol. The van der Waals surface area contributed by atoms with Crippen LogP contribution in [0, 0.1) is 17.8 Å². The van der Waals surface area contributed by atoms with Crippen LogP contribution in [-0.4, -0.2) is 35.0 Å². The fourth-order valence-corrected chi connectivity index (χ4v) is 4.99. The number of fused-ring (bicyclic) bond motifs is 1. The van der Waals surface area contributed by atoms with E-state index >= 15 is 0 Å². The molecule has 2 atom stereocenters. The van der Waals surface area contributed by atoms with Crippen LogP contribution in [0.1, 0.15) is 31.2 Å².